The van der Waals surface area contributed by atoms with Gasteiger partial charge in [-0.05, 0) is 87.7 Å². The van der Waals surface area contributed by atoms with Gasteiger partial charge in [0.15, 0.2) is 0 Å². The Bertz CT molecular complexity index is 1750. The third-order valence-electron chi connectivity index (χ3n) is 15.3. The number of allylic oxidation sites excluding steroid dienone is 2. The predicted molar refractivity (Wildman–Crippen MR) is 180 cm³/mol. The van der Waals surface area contributed by atoms with Crippen molar-refractivity contribution in [2.45, 2.75) is 87.7 Å². The maximum Gasteiger partial charge on any atom is 0.224 e. The smallest absolute Gasteiger partial charge is 0.224 e. The van der Waals surface area contributed by atoms with Gasteiger partial charge in [-0.2, -0.15) is 0 Å². The number of hydrogen-bond donors (Lipinski definition) is 0. The summed E-state index contributed by atoms with van der Waals surface area (Å²) in [5, 5.41) is 0. The first kappa shape index (κ1) is 27.1. The highest BCUT2D eigenvalue weighted by atomic mass is 16.5. The molecular formula is C40H46N4O2. The summed E-state index contributed by atoms with van der Waals surface area (Å²) in [6.45, 7) is 11.6. The lowest BCUT2D eigenvalue weighted by Crippen LogP contribution is -2.73. The molecule has 2 aromatic rings. The van der Waals surface area contributed by atoms with Crippen LogP contribution in [0.3, 0.4) is 0 Å². The number of amides is 1. The molecule has 2 unspecified atom stereocenters. The van der Waals surface area contributed by atoms with E-state index < -0.39 is 0 Å². The number of carbonyl (C=O) groups excluding carboxylic acids is 1. The van der Waals surface area contributed by atoms with Crippen molar-refractivity contribution in [2.75, 3.05) is 42.6 Å². The summed E-state index contributed by atoms with van der Waals surface area (Å²) >= 11 is 0. The van der Waals surface area contributed by atoms with Gasteiger partial charge in [-0.15, -0.1) is 0 Å². The lowest BCUT2D eigenvalue weighted by atomic mass is 9.53. The van der Waals surface area contributed by atoms with Crippen LogP contribution in [-0.4, -0.2) is 78.9 Å². The van der Waals surface area contributed by atoms with Crippen molar-refractivity contribution in [1.29, 1.82) is 0 Å². The summed E-state index contributed by atoms with van der Waals surface area (Å²) in [6, 6.07) is 20.0. The number of anilines is 2. The molecule has 0 N–H and O–H groups in total. The maximum absolute atomic E-state index is 14.0. The van der Waals surface area contributed by atoms with Gasteiger partial charge in [-0.3, -0.25) is 14.6 Å². The number of piperidine rings is 2. The van der Waals surface area contributed by atoms with E-state index in [1.54, 1.807) is 16.7 Å². The van der Waals surface area contributed by atoms with Crippen molar-refractivity contribution in [3.05, 3.63) is 83.0 Å². The summed E-state index contributed by atoms with van der Waals surface area (Å²) in [5.41, 5.74) is 8.89. The number of carbonyl (C=O) groups is 1. The van der Waals surface area contributed by atoms with Gasteiger partial charge in [-0.1, -0.05) is 59.7 Å². The van der Waals surface area contributed by atoms with Gasteiger partial charge >= 0.3 is 0 Å². The molecule has 2 spiro atoms. The first-order valence-corrected chi connectivity index (χ1v) is 18.2. The average Bonchev–Trinajstić information content (AvgIpc) is 3.83. The fraction of sp³-hybridized carbons (Fsp3) is 0.575. The van der Waals surface area contributed by atoms with Crippen LogP contribution in [0.4, 0.5) is 11.4 Å². The number of para-hydroxylation sites is 2. The van der Waals surface area contributed by atoms with Crippen LogP contribution < -0.4 is 9.80 Å². The van der Waals surface area contributed by atoms with Gasteiger partial charge in [-0.25, -0.2) is 0 Å². The zero-order valence-corrected chi connectivity index (χ0v) is 27.4. The van der Waals surface area contributed by atoms with Crippen molar-refractivity contribution < 1.29 is 9.53 Å². The van der Waals surface area contributed by atoms with Gasteiger partial charge in [0, 0.05) is 72.2 Å². The highest BCUT2D eigenvalue weighted by Gasteiger charge is 2.73. The Labute approximate surface area is 273 Å². The van der Waals surface area contributed by atoms with Crippen LogP contribution in [0.1, 0.15) is 57.6 Å². The largest absolute Gasteiger partial charge is 0.358 e. The summed E-state index contributed by atoms with van der Waals surface area (Å²) in [7, 11) is 0. The van der Waals surface area contributed by atoms with Crippen molar-refractivity contribution in [3.8, 4) is 0 Å². The maximum atomic E-state index is 14.0. The highest BCUT2D eigenvalue weighted by molar-refractivity contribution is 5.96. The molecule has 0 radical (unpaired) electrons. The molecule has 4 bridgehead atoms. The molecule has 6 heteroatoms. The van der Waals surface area contributed by atoms with Crippen molar-refractivity contribution >= 4 is 17.3 Å². The number of fused-ring (bicyclic) bond motifs is 6. The monoisotopic (exact) mass is 614 g/mol. The van der Waals surface area contributed by atoms with Gasteiger partial charge in [0.1, 0.15) is 6.23 Å². The molecule has 7 fully saturated rings. The van der Waals surface area contributed by atoms with Crippen LogP contribution in [-0.2, 0) is 20.4 Å². The number of nitrogens with zero attached hydrogens (tertiary/aromatic N) is 4. The van der Waals surface area contributed by atoms with Crippen molar-refractivity contribution in [3.63, 3.8) is 0 Å². The third kappa shape index (κ3) is 2.85. The Morgan fingerprint density at radius 2 is 1.39 bits per heavy atom. The average molecular weight is 615 g/mol. The lowest BCUT2D eigenvalue weighted by molar-refractivity contribution is -0.129. The topological polar surface area (TPSA) is 39.3 Å². The molecule has 5 saturated heterocycles. The molecule has 7 heterocycles. The minimum absolute atomic E-state index is 0.0504. The molecule has 0 aromatic heterocycles. The first-order valence-electron chi connectivity index (χ1n) is 18.2. The Hall–Kier alpha value is -2.93. The Morgan fingerprint density at radius 3 is 2.07 bits per heavy atom. The van der Waals surface area contributed by atoms with Crippen LogP contribution in [0.25, 0.3) is 0 Å². The van der Waals surface area contributed by atoms with Crippen LogP contribution >= 0.6 is 0 Å². The molecule has 9 aliphatic rings. The Morgan fingerprint density at radius 1 is 0.804 bits per heavy atom. The summed E-state index contributed by atoms with van der Waals surface area (Å²) in [4.78, 5) is 24.7. The molecule has 2 saturated carbocycles. The third-order valence-corrected chi connectivity index (χ3v) is 15.3. The molecular weight excluding hydrogens is 568 g/mol. The number of ether oxygens (including phenoxy) is 1. The Kier molecular flexibility index (Phi) is 5.26. The van der Waals surface area contributed by atoms with Gasteiger partial charge in [0.05, 0.1) is 12.6 Å². The number of hydrogen-bond acceptors (Lipinski definition) is 5. The summed E-state index contributed by atoms with van der Waals surface area (Å²) in [5.74, 6) is 1.87. The molecule has 1 amide bonds. The van der Waals surface area contributed by atoms with E-state index in [2.05, 4.69) is 94.1 Å². The van der Waals surface area contributed by atoms with Gasteiger partial charge in [0.2, 0.25) is 5.91 Å². The Balaban J connectivity index is 1.14. The van der Waals surface area contributed by atoms with Gasteiger partial charge in [0.25, 0.3) is 0 Å². The predicted octanol–water partition coefficient (Wildman–Crippen LogP) is 5.48. The van der Waals surface area contributed by atoms with E-state index in [9.17, 15) is 4.79 Å². The molecule has 2 aromatic carbocycles. The second kappa shape index (κ2) is 8.94. The standard InChI is InChI=1S/C40H46N4O2/c1-4-24-20-41-16-14-39-30-11-7-9-13-32(30)44-36(39)28(26(24)18-33(39)41)22-46-38(44)35-27-19-34-40(15-17-42(34)21-25(27)5-2)29-10-6-8-12-31(29)43(23(3)45)37(35)40/h4-13,26-28,33-38H,14-22H2,1-3H3/b24-4+,25-5-/t26-,27-,28-,33-,34-,35?,36-,37-,38-,39+,40?/m0/s1. The van der Waals surface area contributed by atoms with Crippen LogP contribution in [0.15, 0.2) is 71.8 Å². The SMILES string of the molecule is C/C=C1\CN2CC[C@]34c5ccccc5N5[C@H]3[C@@H](CO[C@H]5C3[C@@H]5N(C(C)=O)c6ccccc6C56CCN5C/C(=C/C)[C@@H]3C[C@H]56)[C@H]1C[C@H]24. The highest BCUT2D eigenvalue weighted by Crippen LogP contribution is 2.68. The zero-order chi connectivity index (χ0) is 30.7. The normalized spacial score (nSPS) is 46.0. The molecule has 11 atom stereocenters. The minimum Gasteiger partial charge on any atom is -0.358 e. The first-order chi connectivity index (χ1) is 22.5. The molecule has 6 nitrogen and oxygen atoms in total. The number of rotatable bonds is 1. The quantitative estimate of drug-likeness (QED) is 0.398. The van der Waals surface area contributed by atoms with E-state index in [1.165, 1.54) is 30.6 Å². The van der Waals surface area contributed by atoms with E-state index in [4.69, 9.17) is 4.74 Å². The zero-order valence-electron chi connectivity index (χ0n) is 27.4. The molecule has 2 aliphatic carbocycles. The lowest BCUT2D eigenvalue weighted by Gasteiger charge is -2.63. The molecule has 238 valence electrons. The van der Waals surface area contributed by atoms with E-state index >= 15 is 0 Å². The van der Waals surface area contributed by atoms with Crippen LogP contribution in [0.2, 0.25) is 0 Å². The second-order valence-corrected chi connectivity index (χ2v) is 16.2. The fourth-order valence-electron chi connectivity index (χ4n) is 13.9. The second-order valence-electron chi connectivity index (χ2n) is 16.2. The fourth-order valence-corrected chi connectivity index (χ4v) is 13.9. The van der Waals surface area contributed by atoms with E-state index in [1.807, 2.05) is 6.92 Å². The molecule has 11 rings (SSSR count). The molecule has 46 heavy (non-hydrogen) atoms. The van der Waals surface area contributed by atoms with Crippen molar-refractivity contribution in [2.24, 2.45) is 23.7 Å². The van der Waals surface area contributed by atoms with Gasteiger partial charge < -0.3 is 14.5 Å². The van der Waals surface area contributed by atoms with E-state index in [-0.39, 0.29) is 34.9 Å². The van der Waals surface area contributed by atoms with Crippen molar-refractivity contribution in [1.82, 2.24) is 9.80 Å². The van der Waals surface area contributed by atoms with E-state index in [0.717, 1.165) is 44.8 Å². The van der Waals surface area contributed by atoms with E-state index in [0.29, 0.717) is 35.9 Å². The summed E-state index contributed by atoms with van der Waals surface area (Å²) in [6.07, 6.45) is 9.58. The minimum atomic E-state index is -0.0604. The number of benzene rings is 2. The van der Waals surface area contributed by atoms with Crippen LogP contribution in [0, 0.1) is 23.7 Å². The summed E-state index contributed by atoms with van der Waals surface area (Å²) < 4.78 is 7.49. The molecule has 7 aliphatic heterocycles. The van der Waals surface area contributed by atoms with Crippen LogP contribution in [0.5, 0.6) is 0 Å².